The molecule has 0 bridgehead atoms. The molecule has 0 N–H and O–H groups in total. The van der Waals surface area contributed by atoms with Gasteiger partial charge in [0.1, 0.15) is 11.2 Å². The maximum Gasteiger partial charge on any atom is 0.135 e. The predicted octanol–water partition coefficient (Wildman–Crippen LogP) is 14.7. The molecular formula is C55H35NO. The third-order valence-electron chi connectivity index (χ3n) is 12.3. The van der Waals surface area contributed by atoms with Crippen LogP contribution in [0.4, 0.5) is 17.1 Å². The van der Waals surface area contributed by atoms with Gasteiger partial charge in [-0.1, -0.05) is 158 Å². The third-order valence-corrected chi connectivity index (χ3v) is 12.3. The van der Waals surface area contributed by atoms with Gasteiger partial charge in [0.15, 0.2) is 0 Å². The lowest BCUT2D eigenvalue weighted by molar-refractivity contribution is 0.669. The SMILES string of the molecule is c1ccc(-c2ccc(N(c3ccc(-c4ccc5oc6ccccc6c5c4)cc3)c3ccc4c(c3)C3(c5ccccc5-c5ccccc53)c3ccccc3-4)cc2)cc1. The molecule has 0 fully saturated rings. The molecule has 0 aliphatic heterocycles. The molecule has 57 heavy (non-hydrogen) atoms. The molecule has 1 heterocycles. The van der Waals surface area contributed by atoms with E-state index < -0.39 is 5.41 Å². The Morgan fingerprint density at radius 3 is 1.39 bits per heavy atom. The van der Waals surface area contributed by atoms with Crippen LogP contribution in [0, 0.1) is 0 Å². The van der Waals surface area contributed by atoms with E-state index in [0.717, 1.165) is 50.1 Å². The van der Waals surface area contributed by atoms with E-state index in [1.165, 1.54) is 55.6 Å². The molecule has 0 saturated carbocycles. The van der Waals surface area contributed by atoms with E-state index in [1.807, 2.05) is 12.1 Å². The van der Waals surface area contributed by atoms with Gasteiger partial charge in [-0.05, 0) is 121 Å². The van der Waals surface area contributed by atoms with E-state index in [9.17, 15) is 0 Å². The van der Waals surface area contributed by atoms with Crippen molar-refractivity contribution in [3.63, 3.8) is 0 Å². The van der Waals surface area contributed by atoms with Crippen LogP contribution in [0.15, 0.2) is 217 Å². The Morgan fingerprint density at radius 1 is 0.298 bits per heavy atom. The highest BCUT2D eigenvalue weighted by molar-refractivity contribution is 6.06. The topological polar surface area (TPSA) is 16.4 Å². The second-order valence-corrected chi connectivity index (χ2v) is 15.2. The molecule has 0 saturated heterocycles. The molecule has 266 valence electrons. The second-order valence-electron chi connectivity index (χ2n) is 15.2. The molecule has 1 spiro atoms. The molecule has 0 radical (unpaired) electrons. The molecule has 2 aliphatic carbocycles. The maximum atomic E-state index is 6.15. The highest BCUT2D eigenvalue weighted by atomic mass is 16.3. The quantitative estimate of drug-likeness (QED) is 0.176. The number of para-hydroxylation sites is 1. The van der Waals surface area contributed by atoms with Crippen molar-refractivity contribution in [1.29, 1.82) is 0 Å². The molecule has 12 rings (SSSR count). The first-order chi connectivity index (χ1) is 28.3. The van der Waals surface area contributed by atoms with Crippen LogP contribution in [0.25, 0.3) is 66.4 Å². The Kier molecular flexibility index (Phi) is 6.88. The van der Waals surface area contributed by atoms with E-state index in [4.69, 9.17) is 4.42 Å². The van der Waals surface area contributed by atoms with Crippen molar-refractivity contribution in [3.8, 4) is 44.5 Å². The summed E-state index contributed by atoms with van der Waals surface area (Å²) in [5.41, 5.74) is 20.0. The molecule has 0 unspecified atom stereocenters. The number of rotatable bonds is 5. The average molecular weight is 726 g/mol. The van der Waals surface area contributed by atoms with Gasteiger partial charge >= 0.3 is 0 Å². The summed E-state index contributed by atoms with van der Waals surface area (Å²) in [7, 11) is 0. The summed E-state index contributed by atoms with van der Waals surface area (Å²) in [5.74, 6) is 0. The smallest absolute Gasteiger partial charge is 0.135 e. The van der Waals surface area contributed by atoms with Crippen LogP contribution in [0.1, 0.15) is 22.3 Å². The van der Waals surface area contributed by atoms with E-state index in [2.05, 4.69) is 205 Å². The summed E-state index contributed by atoms with van der Waals surface area (Å²) in [4.78, 5) is 2.41. The summed E-state index contributed by atoms with van der Waals surface area (Å²) in [5, 5.41) is 2.27. The lowest BCUT2D eigenvalue weighted by atomic mass is 9.70. The van der Waals surface area contributed by atoms with Crippen LogP contribution in [0.2, 0.25) is 0 Å². The van der Waals surface area contributed by atoms with Crippen molar-refractivity contribution < 1.29 is 4.42 Å². The molecule has 0 atom stereocenters. The van der Waals surface area contributed by atoms with Gasteiger partial charge in [-0.25, -0.2) is 0 Å². The molecule has 2 heteroatoms. The molecular weight excluding hydrogens is 691 g/mol. The van der Waals surface area contributed by atoms with Crippen molar-refractivity contribution in [2.75, 3.05) is 4.90 Å². The summed E-state index contributed by atoms with van der Waals surface area (Å²) >= 11 is 0. The maximum absolute atomic E-state index is 6.15. The normalized spacial score (nSPS) is 13.1. The first kappa shape index (κ1) is 31.9. The fraction of sp³-hybridized carbons (Fsp3) is 0.0182. The van der Waals surface area contributed by atoms with Crippen molar-refractivity contribution in [2.45, 2.75) is 5.41 Å². The first-order valence-electron chi connectivity index (χ1n) is 19.7. The van der Waals surface area contributed by atoms with Gasteiger partial charge in [0.2, 0.25) is 0 Å². The van der Waals surface area contributed by atoms with Crippen LogP contribution >= 0.6 is 0 Å². The minimum Gasteiger partial charge on any atom is -0.456 e. The summed E-state index contributed by atoms with van der Waals surface area (Å²) in [6.45, 7) is 0. The highest BCUT2D eigenvalue weighted by Crippen LogP contribution is 2.63. The van der Waals surface area contributed by atoms with Crippen LogP contribution in [0.3, 0.4) is 0 Å². The minimum atomic E-state index is -0.419. The van der Waals surface area contributed by atoms with Gasteiger partial charge in [0, 0.05) is 27.8 Å². The molecule has 2 nitrogen and oxygen atoms in total. The standard InChI is InChI=1S/C55H35NO/c1-2-12-36(13-3-1)37-22-27-40(28-23-37)56(41-29-24-38(25-30-41)39-26-33-54-48(34-39)47-17-7-11-21-53(47)57-54)42-31-32-46-45-16-6-10-20-51(45)55(52(46)35-42)49-18-8-4-14-43(49)44-15-5-9-19-50(44)55/h1-35H. The summed E-state index contributed by atoms with van der Waals surface area (Å²) in [6, 6.07) is 77.6. The van der Waals surface area contributed by atoms with Crippen molar-refractivity contribution >= 4 is 39.0 Å². The first-order valence-corrected chi connectivity index (χ1v) is 19.7. The zero-order chi connectivity index (χ0) is 37.5. The van der Waals surface area contributed by atoms with Crippen LogP contribution in [-0.2, 0) is 5.41 Å². The predicted molar refractivity (Wildman–Crippen MR) is 236 cm³/mol. The Balaban J connectivity index is 1.03. The van der Waals surface area contributed by atoms with Crippen molar-refractivity contribution in [2.24, 2.45) is 0 Å². The van der Waals surface area contributed by atoms with Gasteiger partial charge in [-0.15, -0.1) is 0 Å². The molecule has 0 amide bonds. The van der Waals surface area contributed by atoms with Gasteiger partial charge in [-0.3, -0.25) is 0 Å². The van der Waals surface area contributed by atoms with E-state index >= 15 is 0 Å². The highest BCUT2D eigenvalue weighted by Gasteiger charge is 2.51. The van der Waals surface area contributed by atoms with Crippen molar-refractivity contribution in [3.05, 3.63) is 235 Å². The number of fused-ring (bicyclic) bond motifs is 13. The van der Waals surface area contributed by atoms with Gasteiger partial charge < -0.3 is 9.32 Å². The Bertz CT molecular complexity index is 3110. The monoisotopic (exact) mass is 725 g/mol. The fourth-order valence-corrected chi connectivity index (χ4v) is 9.81. The summed E-state index contributed by atoms with van der Waals surface area (Å²) in [6.07, 6.45) is 0. The number of furan rings is 1. The Morgan fingerprint density at radius 2 is 0.754 bits per heavy atom. The van der Waals surface area contributed by atoms with Gasteiger partial charge in [0.25, 0.3) is 0 Å². The molecule has 9 aromatic carbocycles. The van der Waals surface area contributed by atoms with Gasteiger partial charge in [0.05, 0.1) is 5.41 Å². The number of anilines is 3. The van der Waals surface area contributed by atoms with E-state index in [-0.39, 0.29) is 0 Å². The molecule has 10 aromatic rings. The number of hydrogen-bond acceptors (Lipinski definition) is 2. The lowest BCUT2D eigenvalue weighted by Gasteiger charge is -2.32. The van der Waals surface area contributed by atoms with E-state index in [0.29, 0.717) is 0 Å². The zero-order valence-electron chi connectivity index (χ0n) is 31.1. The average Bonchev–Trinajstić information content (AvgIpc) is 3.91. The van der Waals surface area contributed by atoms with Crippen LogP contribution < -0.4 is 4.90 Å². The molecule has 2 aliphatic rings. The fourth-order valence-electron chi connectivity index (χ4n) is 9.81. The number of benzene rings is 9. The third kappa shape index (κ3) is 4.65. The Hall–Kier alpha value is -7.42. The molecule has 1 aromatic heterocycles. The van der Waals surface area contributed by atoms with Crippen LogP contribution in [-0.4, -0.2) is 0 Å². The number of nitrogens with zero attached hydrogens (tertiary/aromatic N) is 1. The van der Waals surface area contributed by atoms with Crippen molar-refractivity contribution in [1.82, 2.24) is 0 Å². The largest absolute Gasteiger partial charge is 0.456 e. The summed E-state index contributed by atoms with van der Waals surface area (Å²) < 4.78 is 6.15. The lowest BCUT2D eigenvalue weighted by Crippen LogP contribution is -2.26. The number of hydrogen-bond donors (Lipinski definition) is 0. The Labute approximate surface area is 331 Å². The van der Waals surface area contributed by atoms with Crippen LogP contribution in [0.5, 0.6) is 0 Å². The zero-order valence-corrected chi connectivity index (χ0v) is 31.1. The van der Waals surface area contributed by atoms with E-state index in [1.54, 1.807) is 0 Å². The second kappa shape index (κ2) is 12.3. The minimum absolute atomic E-state index is 0.419. The van der Waals surface area contributed by atoms with Gasteiger partial charge in [-0.2, -0.15) is 0 Å².